The van der Waals surface area contributed by atoms with Gasteiger partial charge in [0.2, 0.25) is 0 Å². The van der Waals surface area contributed by atoms with Crippen molar-refractivity contribution in [2.75, 3.05) is 13.1 Å². The summed E-state index contributed by atoms with van der Waals surface area (Å²) in [5, 5.41) is 15.7. The standard InChI is InChI=1S/C12H22N2O2/c1-9-4-2-3-5-10(9)14-12(6-11(15)16)7-13-8-12/h9-10,13-14H,2-8H2,1H3,(H,15,16). The molecule has 16 heavy (non-hydrogen) atoms. The van der Waals surface area contributed by atoms with Crippen LogP contribution in [0, 0.1) is 5.92 Å². The molecule has 2 atom stereocenters. The normalized spacial score (nSPS) is 33.1. The maximum atomic E-state index is 10.9. The van der Waals surface area contributed by atoms with E-state index >= 15 is 0 Å². The second-order valence-corrected chi connectivity index (χ2v) is 5.47. The predicted molar refractivity (Wildman–Crippen MR) is 62.4 cm³/mol. The fourth-order valence-corrected chi connectivity index (χ4v) is 2.92. The van der Waals surface area contributed by atoms with Crippen LogP contribution in [0.1, 0.15) is 39.0 Å². The lowest BCUT2D eigenvalue weighted by atomic mass is 9.81. The van der Waals surface area contributed by atoms with Crippen molar-refractivity contribution in [2.45, 2.75) is 50.6 Å². The maximum absolute atomic E-state index is 10.9. The van der Waals surface area contributed by atoms with E-state index in [9.17, 15) is 4.79 Å². The topological polar surface area (TPSA) is 61.4 Å². The van der Waals surface area contributed by atoms with E-state index < -0.39 is 5.97 Å². The van der Waals surface area contributed by atoms with E-state index in [1.54, 1.807) is 0 Å². The van der Waals surface area contributed by atoms with Crippen LogP contribution in [0.5, 0.6) is 0 Å². The third-order valence-corrected chi connectivity index (χ3v) is 4.02. The lowest BCUT2D eigenvalue weighted by molar-refractivity contribution is -0.139. The van der Waals surface area contributed by atoms with Gasteiger partial charge in [-0.2, -0.15) is 0 Å². The molecular weight excluding hydrogens is 204 g/mol. The van der Waals surface area contributed by atoms with Gasteiger partial charge in [0.25, 0.3) is 0 Å². The second kappa shape index (κ2) is 4.72. The summed E-state index contributed by atoms with van der Waals surface area (Å²) in [4.78, 5) is 10.9. The molecule has 0 radical (unpaired) electrons. The molecule has 1 saturated carbocycles. The molecule has 0 aromatic heterocycles. The van der Waals surface area contributed by atoms with Gasteiger partial charge in [0, 0.05) is 19.1 Å². The molecule has 0 bridgehead atoms. The summed E-state index contributed by atoms with van der Waals surface area (Å²) < 4.78 is 0. The van der Waals surface area contributed by atoms with Gasteiger partial charge in [0.05, 0.1) is 12.0 Å². The molecular formula is C12H22N2O2. The first-order chi connectivity index (χ1) is 7.61. The van der Waals surface area contributed by atoms with E-state index in [4.69, 9.17) is 5.11 Å². The summed E-state index contributed by atoms with van der Waals surface area (Å²) in [5.74, 6) is -0.0162. The largest absolute Gasteiger partial charge is 0.481 e. The molecule has 0 aromatic carbocycles. The molecule has 1 saturated heterocycles. The molecule has 92 valence electrons. The molecule has 1 aliphatic heterocycles. The number of hydrogen-bond donors (Lipinski definition) is 3. The van der Waals surface area contributed by atoms with E-state index in [0.29, 0.717) is 12.0 Å². The minimum atomic E-state index is -0.697. The summed E-state index contributed by atoms with van der Waals surface area (Å²) in [6, 6.07) is 0.509. The smallest absolute Gasteiger partial charge is 0.305 e. The molecule has 1 aliphatic carbocycles. The third-order valence-electron chi connectivity index (χ3n) is 4.02. The summed E-state index contributed by atoms with van der Waals surface area (Å²) in [7, 11) is 0. The number of nitrogens with one attached hydrogen (secondary N) is 2. The van der Waals surface area contributed by atoms with Crippen molar-refractivity contribution < 1.29 is 9.90 Å². The van der Waals surface area contributed by atoms with Gasteiger partial charge < -0.3 is 15.7 Å². The summed E-state index contributed by atoms with van der Waals surface area (Å²) in [5.41, 5.74) is -0.178. The Bertz CT molecular complexity index is 264. The number of carboxylic acids is 1. The zero-order chi connectivity index (χ0) is 11.6. The predicted octanol–water partition coefficient (Wildman–Crippen LogP) is 0.971. The van der Waals surface area contributed by atoms with Gasteiger partial charge in [-0.25, -0.2) is 0 Å². The number of aliphatic carboxylic acids is 1. The molecule has 1 heterocycles. The molecule has 0 amide bonds. The summed E-state index contributed by atoms with van der Waals surface area (Å²) in [6.07, 6.45) is 5.31. The van der Waals surface area contributed by atoms with Crippen LogP contribution in [0.3, 0.4) is 0 Å². The molecule has 2 aliphatic rings. The van der Waals surface area contributed by atoms with Gasteiger partial charge in [-0.1, -0.05) is 19.8 Å². The first-order valence-electron chi connectivity index (χ1n) is 6.31. The average molecular weight is 226 g/mol. The molecule has 3 N–H and O–H groups in total. The van der Waals surface area contributed by atoms with Crippen LogP contribution >= 0.6 is 0 Å². The van der Waals surface area contributed by atoms with Crippen molar-refractivity contribution in [3.05, 3.63) is 0 Å². The van der Waals surface area contributed by atoms with Crippen molar-refractivity contribution in [1.82, 2.24) is 10.6 Å². The van der Waals surface area contributed by atoms with Gasteiger partial charge in [-0.05, 0) is 18.8 Å². The highest BCUT2D eigenvalue weighted by molar-refractivity contribution is 5.68. The van der Waals surface area contributed by atoms with Crippen molar-refractivity contribution in [1.29, 1.82) is 0 Å². The highest BCUT2D eigenvalue weighted by Crippen LogP contribution is 2.27. The lowest BCUT2D eigenvalue weighted by Crippen LogP contribution is -2.71. The fraction of sp³-hybridized carbons (Fsp3) is 0.917. The van der Waals surface area contributed by atoms with Gasteiger partial charge in [-0.3, -0.25) is 4.79 Å². The zero-order valence-corrected chi connectivity index (χ0v) is 9.96. The van der Waals surface area contributed by atoms with Crippen LogP contribution in [0.2, 0.25) is 0 Å². The molecule has 2 rings (SSSR count). The van der Waals surface area contributed by atoms with Crippen molar-refractivity contribution in [3.63, 3.8) is 0 Å². The lowest BCUT2D eigenvalue weighted by Gasteiger charge is -2.47. The molecule has 4 nitrogen and oxygen atoms in total. The average Bonchev–Trinajstić information content (AvgIpc) is 2.17. The highest BCUT2D eigenvalue weighted by atomic mass is 16.4. The Kier molecular flexibility index (Phi) is 3.50. The Morgan fingerprint density at radius 3 is 2.62 bits per heavy atom. The van der Waals surface area contributed by atoms with E-state index in [0.717, 1.165) is 13.1 Å². The van der Waals surface area contributed by atoms with Crippen LogP contribution in [0.15, 0.2) is 0 Å². The molecule has 0 spiro atoms. The van der Waals surface area contributed by atoms with Crippen molar-refractivity contribution in [3.8, 4) is 0 Å². The molecule has 2 unspecified atom stereocenters. The van der Waals surface area contributed by atoms with Gasteiger partial charge in [0.1, 0.15) is 0 Å². The summed E-state index contributed by atoms with van der Waals surface area (Å²) in [6.45, 7) is 3.86. The SMILES string of the molecule is CC1CCCCC1NC1(CC(=O)O)CNC1. The Morgan fingerprint density at radius 1 is 1.44 bits per heavy atom. The van der Waals surface area contributed by atoms with Crippen LogP contribution in [-0.2, 0) is 4.79 Å². The first-order valence-corrected chi connectivity index (χ1v) is 6.31. The number of carboxylic acid groups (broad SMARTS) is 1. The number of carbonyl (C=O) groups is 1. The Balaban J connectivity index is 1.92. The first kappa shape index (κ1) is 11.9. The molecule has 2 fully saturated rings. The highest BCUT2D eigenvalue weighted by Gasteiger charge is 2.41. The van der Waals surface area contributed by atoms with Crippen molar-refractivity contribution >= 4 is 5.97 Å². The van der Waals surface area contributed by atoms with Crippen LogP contribution in [-0.4, -0.2) is 35.7 Å². The van der Waals surface area contributed by atoms with Crippen LogP contribution < -0.4 is 10.6 Å². The fourth-order valence-electron chi connectivity index (χ4n) is 2.92. The van der Waals surface area contributed by atoms with Crippen molar-refractivity contribution in [2.24, 2.45) is 5.92 Å². The Hall–Kier alpha value is -0.610. The van der Waals surface area contributed by atoms with Crippen LogP contribution in [0.25, 0.3) is 0 Å². The Labute approximate surface area is 96.8 Å². The summed E-state index contributed by atoms with van der Waals surface area (Å²) >= 11 is 0. The monoisotopic (exact) mass is 226 g/mol. The van der Waals surface area contributed by atoms with Gasteiger partial charge in [0.15, 0.2) is 0 Å². The second-order valence-electron chi connectivity index (χ2n) is 5.47. The maximum Gasteiger partial charge on any atom is 0.305 e. The van der Waals surface area contributed by atoms with Gasteiger partial charge in [-0.15, -0.1) is 0 Å². The minimum Gasteiger partial charge on any atom is -0.481 e. The quantitative estimate of drug-likeness (QED) is 0.668. The number of hydrogen-bond acceptors (Lipinski definition) is 3. The van der Waals surface area contributed by atoms with E-state index in [2.05, 4.69) is 17.6 Å². The Morgan fingerprint density at radius 2 is 2.12 bits per heavy atom. The minimum absolute atomic E-state index is 0.178. The van der Waals surface area contributed by atoms with Crippen LogP contribution in [0.4, 0.5) is 0 Å². The molecule has 4 heteroatoms. The third kappa shape index (κ3) is 2.55. The number of rotatable bonds is 4. The van der Waals surface area contributed by atoms with E-state index in [1.807, 2.05) is 0 Å². The zero-order valence-electron chi connectivity index (χ0n) is 9.96. The van der Waals surface area contributed by atoms with E-state index in [-0.39, 0.29) is 12.0 Å². The molecule has 0 aromatic rings. The van der Waals surface area contributed by atoms with Gasteiger partial charge >= 0.3 is 5.97 Å². The van der Waals surface area contributed by atoms with E-state index in [1.165, 1.54) is 25.7 Å².